The maximum atomic E-state index is 13.0. The van der Waals surface area contributed by atoms with Crippen LogP contribution in [-0.2, 0) is 136 Å². The molecular weight excluding hydrogens is 1400 g/mol. The van der Waals surface area contributed by atoms with E-state index in [0.29, 0.717) is 19.6 Å². The average molecular weight is 1460 g/mol. The predicted molar refractivity (Wildman–Crippen MR) is 312 cm³/mol. The first kappa shape index (κ1) is 78.8. The van der Waals surface area contributed by atoms with E-state index < -0.39 is 247 Å². The molecule has 0 aliphatic carbocycles. The molecule has 27 atom stereocenters. The zero-order valence-electron chi connectivity index (χ0n) is 48.7. The van der Waals surface area contributed by atoms with Gasteiger partial charge in [0.05, 0.1) is 6.61 Å². The summed E-state index contributed by atoms with van der Waals surface area (Å²) in [5.41, 5.74) is 27.6. The fraction of sp³-hybridized carbons (Fsp3) is 0.850. The average Bonchev–Trinajstić information content (AvgIpc) is 0.769. The first-order chi connectivity index (χ1) is 43.5. The molecule has 5 heterocycles. The standard InChI is InChI=1S/C40H61B4N9O33P2S5/c1-15-21(12-73-89(57,58)59)79-38(26(50-53-47)35(15)87-43-41-55)81-28-16(2)27(54)39(77-18(28)4)83-30-22(13-74-90(60,61)62)80-37(25(49-52-46)32(30)85-92(66,67)68)82-29-19(5)78-40(34(86-93(69,70)71)33(29)72-11-20-9-7-6-8-10-20)84-31-23(14-75-91(63,64)65)76-17(3)24(48-51-45)36(31)88-44-42-56/h6-10,15-19,21-40,54,87-88H,11-14H2,1-5H3,(H,57,58,59)(H,60,61,62)(H,63,64,65)(H,66,67,68)(H,69,70,71)/t15-,16-,17-,18?,19?,21?,22?,23?,24?,25?,26?,27?,28+,29-,30-,31-,32-,33-,34?,35+,36-,37+,38+,39+,40+/m1/s1. The van der Waals surface area contributed by atoms with Crippen molar-refractivity contribution in [2.75, 3.05) is 19.8 Å². The number of aliphatic hydroxyl groups excluding tert-OH is 1. The molecule has 2 radical (unpaired) electrons. The van der Waals surface area contributed by atoms with Crippen LogP contribution in [0.2, 0.25) is 0 Å². The molecule has 0 bridgehead atoms. The van der Waals surface area contributed by atoms with Crippen molar-refractivity contribution in [1.29, 1.82) is 0 Å². The molecule has 516 valence electrons. The van der Waals surface area contributed by atoms with Crippen LogP contribution in [0.5, 0.6) is 0 Å². The topological polar surface area (TPSA) is 611 Å². The van der Waals surface area contributed by atoms with Gasteiger partial charge in [-0.2, -0.15) is 16.8 Å². The maximum absolute atomic E-state index is 13.0. The second-order valence-corrected chi connectivity index (χ2v) is 29.0. The Bertz CT molecular complexity index is 3440. The van der Waals surface area contributed by atoms with Gasteiger partial charge < -0.3 is 0 Å². The Hall–Kier alpha value is -3.22. The van der Waals surface area contributed by atoms with Crippen molar-refractivity contribution >= 4 is 96.8 Å². The minimum absolute atomic E-state index is 0.336. The molecule has 6 rings (SSSR count). The molecule has 0 amide bonds. The summed E-state index contributed by atoms with van der Waals surface area (Å²) in [5.74, 6) is -2.00. The van der Waals surface area contributed by atoms with Crippen LogP contribution in [-0.4, -0.2) is 258 Å². The fourth-order valence-electron chi connectivity index (χ4n) is 10.9. The monoisotopic (exact) mass is 1460 g/mol. The molecule has 5 fully saturated rings. The van der Waals surface area contributed by atoms with Gasteiger partial charge >= 0.3 is 453 Å². The number of hydrogen-bond acceptors (Lipinski definition) is 31. The molecule has 5 aliphatic heterocycles. The Balaban J connectivity index is 1.40. The first-order valence-corrected chi connectivity index (χ1v) is 36.2. The van der Waals surface area contributed by atoms with Crippen molar-refractivity contribution in [3.05, 3.63) is 67.2 Å². The van der Waals surface area contributed by atoms with Crippen molar-refractivity contribution in [2.45, 2.75) is 181 Å². The van der Waals surface area contributed by atoms with E-state index in [-0.39, 0.29) is 0 Å². The molecular formula is C40H61B4N9O33P2S5. The van der Waals surface area contributed by atoms with Crippen molar-refractivity contribution in [3.63, 3.8) is 0 Å². The number of nitrogens with zero attached hydrogens (tertiary/aromatic N) is 9. The van der Waals surface area contributed by atoms with Crippen molar-refractivity contribution in [2.24, 2.45) is 27.2 Å². The van der Waals surface area contributed by atoms with E-state index in [4.69, 9.17) is 55.7 Å². The van der Waals surface area contributed by atoms with Crippen LogP contribution in [0, 0.1) is 11.8 Å². The summed E-state index contributed by atoms with van der Waals surface area (Å²) >= 11 is 0. The quantitative estimate of drug-likeness (QED) is 0.0130. The van der Waals surface area contributed by atoms with Gasteiger partial charge in [0.1, 0.15) is 12.2 Å². The van der Waals surface area contributed by atoms with Gasteiger partial charge in [0.15, 0.2) is 0 Å². The minimum atomic E-state index is -5.85. The van der Waals surface area contributed by atoms with E-state index in [0.717, 1.165) is 6.89 Å². The molecule has 0 spiro atoms. The third-order valence-corrected chi connectivity index (χ3v) is 20.1. The summed E-state index contributed by atoms with van der Waals surface area (Å²) in [6, 6.07) is 2.82. The zero-order chi connectivity index (χ0) is 69.0. The fourth-order valence-corrected chi connectivity index (χ4v) is 15.3. The van der Waals surface area contributed by atoms with Crippen LogP contribution < -0.4 is 0 Å². The van der Waals surface area contributed by atoms with Crippen LogP contribution in [0.15, 0.2) is 45.7 Å². The van der Waals surface area contributed by atoms with Crippen molar-refractivity contribution < 1.29 is 148 Å². The number of benzene rings is 1. The summed E-state index contributed by atoms with van der Waals surface area (Å²) in [7, 11) is -27.7. The van der Waals surface area contributed by atoms with Gasteiger partial charge in [-0.15, -0.1) is 0 Å². The predicted octanol–water partition coefficient (Wildman–Crippen LogP) is -0.395. The Morgan fingerprint density at radius 2 is 0.935 bits per heavy atom. The molecule has 42 nitrogen and oxygen atoms in total. The van der Waals surface area contributed by atoms with Crippen LogP contribution in [0.1, 0.15) is 40.2 Å². The molecule has 93 heavy (non-hydrogen) atoms. The number of rotatable bonds is 33. The van der Waals surface area contributed by atoms with Crippen molar-refractivity contribution in [1.82, 2.24) is 0 Å². The van der Waals surface area contributed by atoms with Crippen LogP contribution >= 0.6 is 16.9 Å². The van der Waals surface area contributed by atoms with E-state index >= 15 is 0 Å². The van der Waals surface area contributed by atoms with Gasteiger partial charge in [-0.05, 0) is 5.53 Å². The Labute approximate surface area is 537 Å². The normalized spacial score (nSPS) is 37.2. The Morgan fingerprint density at radius 1 is 0.484 bits per heavy atom. The summed E-state index contributed by atoms with van der Waals surface area (Å²) in [6.07, 6.45) is -34.0. The molecule has 12 unspecified atom stereocenters. The zero-order valence-corrected chi connectivity index (χ0v) is 54.8. The molecule has 0 aromatic heterocycles. The Kier molecular flexibility index (Phi) is 29.2. The van der Waals surface area contributed by atoms with Crippen LogP contribution in [0.3, 0.4) is 0 Å². The molecule has 5 saturated heterocycles. The number of ether oxygens (including phenoxy) is 10. The van der Waals surface area contributed by atoms with Crippen molar-refractivity contribution in [3.8, 4) is 0 Å². The molecule has 53 heteroatoms. The van der Waals surface area contributed by atoms with Crippen LogP contribution in [0.25, 0.3) is 31.3 Å². The van der Waals surface area contributed by atoms with Gasteiger partial charge in [0, 0.05) is 4.91 Å². The Morgan fingerprint density at radius 3 is 1.48 bits per heavy atom. The van der Waals surface area contributed by atoms with Gasteiger partial charge in [0.2, 0.25) is 0 Å². The van der Waals surface area contributed by atoms with E-state index in [2.05, 4.69) is 42.6 Å². The van der Waals surface area contributed by atoms with Gasteiger partial charge in [-0.1, -0.05) is 23.3 Å². The molecule has 0 saturated carbocycles. The molecule has 6 N–H and O–H groups in total. The summed E-state index contributed by atoms with van der Waals surface area (Å²) in [6.45, 7) is 5.19. The number of hydrogen-bond donors (Lipinski definition) is 6. The van der Waals surface area contributed by atoms with E-state index in [1.54, 1.807) is 25.1 Å². The van der Waals surface area contributed by atoms with Gasteiger partial charge in [-0.3, -0.25) is 9.11 Å². The number of aliphatic hydroxyl groups is 1. The van der Waals surface area contributed by atoms with E-state index in [1.165, 1.54) is 46.7 Å². The molecule has 1 aromatic rings. The second kappa shape index (κ2) is 34.5. The SMILES string of the molecule is CC1O[C@@H](O[C@@H]2C(COS(=O)(=O)O)O[C@@H](O[C@@H]3C(C)O[C@@H](O[C@@H]4C(COS(=O)(=O)O)O[C@H](C)C(N=[N+]=[N-])[C@H]4P[B]B=O)C(OS(=O)(=O)O)[C@@H]3OCc3ccccc3)C(N=[N+]=[N-])[C@H]2OS(=O)(=O)O)C(O)[C@@H](C)[C@@H]1O[C@@H]1OC(COS(=O)(=O)O)[C@@H](C)[C@H](P[B]B=O)C1N=[N+]=[N-]. The van der Waals surface area contributed by atoms with E-state index in [1.807, 2.05) is 0 Å². The van der Waals surface area contributed by atoms with E-state index in [9.17, 15) is 96.0 Å². The van der Waals surface area contributed by atoms with Gasteiger partial charge in [0.25, 0.3) is 0 Å². The first-order valence-electron chi connectivity index (χ1n) is 27.1. The van der Waals surface area contributed by atoms with Gasteiger partial charge in [-0.25, -0.2) is 8.37 Å². The summed E-state index contributed by atoms with van der Waals surface area (Å²) < 4.78 is 281. The molecule has 5 aliphatic rings. The molecule has 1 aromatic carbocycles. The summed E-state index contributed by atoms with van der Waals surface area (Å²) in [5, 5.41) is 23.1. The third kappa shape index (κ3) is 22.9. The number of azide groups is 3. The van der Waals surface area contributed by atoms with Crippen LogP contribution in [0.4, 0.5) is 0 Å². The third-order valence-electron chi connectivity index (χ3n) is 14.9. The summed E-state index contributed by atoms with van der Waals surface area (Å²) in [4.78, 5) is 8.43. The second-order valence-electron chi connectivity index (χ2n) is 20.9.